The van der Waals surface area contributed by atoms with E-state index in [1.54, 1.807) is 0 Å². The lowest BCUT2D eigenvalue weighted by atomic mass is 10.0. The van der Waals surface area contributed by atoms with Crippen LogP contribution in [0.2, 0.25) is 0 Å². The first-order valence-corrected chi connectivity index (χ1v) is 14.1. The van der Waals surface area contributed by atoms with E-state index in [9.17, 15) is 23.1 Å². The summed E-state index contributed by atoms with van der Waals surface area (Å²) in [6.07, 6.45) is -33.3. The number of hydrogen-bond acceptors (Lipinski definition) is 8. The normalized spacial score (nSPS) is 44.8. The van der Waals surface area contributed by atoms with E-state index < -0.39 is 132 Å². The molecule has 3 aliphatic rings. The Balaban J connectivity index is 1.64. The molecule has 0 radical (unpaired) electrons. The average Bonchev–Trinajstić information content (AvgIpc) is 3.35. The maximum absolute atomic E-state index is 14.6. The van der Waals surface area contributed by atoms with E-state index in [0.717, 1.165) is 31.2 Å². The van der Waals surface area contributed by atoms with Crippen molar-refractivity contribution in [1.29, 1.82) is 0 Å². The third-order valence-corrected chi connectivity index (χ3v) is 7.73. The number of rotatable bonds is 12. The number of carbonyl (C=O) groups excluding carboxylic acids is 2. The third kappa shape index (κ3) is 8.12. The van der Waals surface area contributed by atoms with Crippen LogP contribution in [-0.2, 0) is 35.4 Å². The van der Waals surface area contributed by atoms with Crippen LogP contribution in [0.1, 0.15) is 71.8 Å². The maximum Gasteiger partial charge on any atom is 0.407 e. The van der Waals surface area contributed by atoms with Crippen molar-refractivity contribution in [2.45, 2.75) is 74.6 Å². The Morgan fingerprint density at radius 3 is 2.56 bits per heavy atom. The van der Waals surface area contributed by atoms with Gasteiger partial charge in [-0.2, -0.15) is 4.31 Å². The minimum absolute atomic E-state index is 0.00167. The zero-order valence-corrected chi connectivity index (χ0v) is 23.2. The summed E-state index contributed by atoms with van der Waals surface area (Å²) in [6.45, 7) is -12.5. The van der Waals surface area contributed by atoms with Crippen molar-refractivity contribution in [3.05, 3.63) is 60.2 Å². The Morgan fingerprint density at radius 1 is 1.14 bits per heavy atom. The smallest absolute Gasteiger partial charge is 0.407 e. The van der Waals surface area contributed by atoms with Gasteiger partial charge in [0.25, 0.3) is 0 Å². The standard InChI is InChI=1S/C31H41N3O8S/c1-21(35)32-24-11-13-25(14-12-24)43(38,39)34(18-23-9-5-6-10-23)19-28(36)27(17-22-7-3-2-4-8-22)33-31(37)42-29-20-41-30-26(29)15-16-40-30/h2-4,7-8,11-14,23,26-30,36H,5-6,9-10,15-20H2,1H3,(H,32,35)(H,33,37)/t26-,27-,28+,29-,30+/m0/s1/i5D2,6D2,9D2,10D2,15D2,16D2,18D2,20D2,23D,26D,29D,30D. The van der Waals surface area contributed by atoms with Crippen LogP contribution < -0.4 is 10.6 Å². The molecule has 3 fully saturated rings. The second-order valence-corrected chi connectivity index (χ2v) is 11.0. The summed E-state index contributed by atoms with van der Waals surface area (Å²) in [5.41, 5.74) is 0.184. The van der Waals surface area contributed by atoms with E-state index in [1.807, 2.05) is 5.32 Å². The van der Waals surface area contributed by atoms with Gasteiger partial charge >= 0.3 is 6.09 Å². The van der Waals surface area contributed by atoms with Gasteiger partial charge in [0.05, 0.1) is 44.3 Å². The average molecular weight is 636 g/mol. The van der Waals surface area contributed by atoms with Crippen LogP contribution in [0.3, 0.4) is 0 Å². The Hall–Kier alpha value is -3.03. The van der Waals surface area contributed by atoms with Gasteiger partial charge in [-0.25, -0.2) is 13.2 Å². The molecule has 234 valence electrons. The molecule has 2 aliphatic heterocycles. The van der Waals surface area contributed by atoms with Crippen LogP contribution in [0.5, 0.6) is 0 Å². The highest BCUT2D eigenvalue weighted by atomic mass is 32.2. The summed E-state index contributed by atoms with van der Waals surface area (Å²) >= 11 is 0. The number of nitrogens with zero attached hydrogens (tertiary/aromatic N) is 1. The van der Waals surface area contributed by atoms with Gasteiger partial charge in [0.2, 0.25) is 15.9 Å². The van der Waals surface area contributed by atoms with Gasteiger partial charge in [0.1, 0.15) is 6.08 Å². The van der Waals surface area contributed by atoms with E-state index in [0.29, 0.717) is 0 Å². The van der Waals surface area contributed by atoms with Crippen molar-refractivity contribution in [2.75, 3.05) is 31.5 Å². The van der Waals surface area contributed by atoms with Crippen molar-refractivity contribution in [3.8, 4) is 0 Å². The zero-order chi connectivity index (χ0) is 48.4. The summed E-state index contributed by atoms with van der Waals surface area (Å²) in [7, 11) is -5.67. The summed E-state index contributed by atoms with van der Waals surface area (Å²) in [4.78, 5) is 24.5. The van der Waals surface area contributed by atoms with E-state index in [2.05, 4.69) is 10.1 Å². The van der Waals surface area contributed by atoms with Crippen LogP contribution in [0.4, 0.5) is 10.5 Å². The first kappa shape index (κ1) is 14.8. The number of benzene rings is 2. The minimum atomic E-state index is -5.67. The van der Waals surface area contributed by atoms with E-state index in [4.69, 9.17) is 36.9 Å². The third-order valence-electron chi connectivity index (χ3n) is 6.04. The predicted molar refractivity (Wildman–Crippen MR) is 159 cm³/mol. The predicted octanol–water partition coefficient (Wildman–Crippen LogP) is 3.29. The number of amides is 2. The number of hydrogen-bond donors (Lipinski definition) is 3. The highest BCUT2D eigenvalue weighted by Crippen LogP contribution is 2.33. The molecule has 0 bridgehead atoms. The lowest BCUT2D eigenvalue weighted by Crippen LogP contribution is -2.51. The van der Waals surface area contributed by atoms with Crippen LogP contribution >= 0.6 is 0 Å². The lowest BCUT2D eigenvalue weighted by molar-refractivity contribution is -0.114. The van der Waals surface area contributed by atoms with Crippen LogP contribution in [0.15, 0.2) is 59.5 Å². The highest BCUT2D eigenvalue weighted by Gasteiger charge is 2.44. The zero-order valence-electron chi connectivity index (χ0n) is 42.4. The number of carbonyl (C=O) groups is 2. The topological polar surface area (TPSA) is 144 Å². The number of ether oxygens (including phenoxy) is 3. The number of aliphatic hydroxyl groups is 1. The molecule has 0 spiro atoms. The van der Waals surface area contributed by atoms with Crippen LogP contribution in [0, 0.1) is 11.8 Å². The monoisotopic (exact) mass is 635 g/mol. The molecular weight excluding hydrogens is 574 g/mol. The molecule has 2 heterocycles. The van der Waals surface area contributed by atoms with E-state index in [-0.39, 0.29) is 11.3 Å². The Labute approximate surface area is 281 Å². The highest BCUT2D eigenvalue weighted by molar-refractivity contribution is 7.89. The summed E-state index contributed by atoms with van der Waals surface area (Å²) < 4.78 is 212. The maximum atomic E-state index is 14.6. The minimum Gasteiger partial charge on any atom is -0.443 e. The molecule has 1 aliphatic carbocycles. The van der Waals surface area contributed by atoms with Gasteiger partial charge in [-0.15, -0.1) is 0 Å². The molecular formula is C31H41N3O8S. The summed E-state index contributed by atoms with van der Waals surface area (Å²) in [6, 6.07) is 8.72. The number of aliphatic hydroxyl groups excluding tert-OH is 1. The van der Waals surface area contributed by atoms with Crippen molar-refractivity contribution in [3.63, 3.8) is 0 Å². The number of alkyl carbamates (subject to hydrolysis) is 1. The van der Waals surface area contributed by atoms with Crippen molar-refractivity contribution in [2.24, 2.45) is 11.8 Å². The van der Waals surface area contributed by atoms with Gasteiger partial charge in [0.15, 0.2) is 6.27 Å². The van der Waals surface area contributed by atoms with Gasteiger partial charge in [-0.05, 0) is 61.3 Å². The first-order chi connectivity index (χ1) is 28.2. The molecule has 2 aromatic rings. The van der Waals surface area contributed by atoms with Crippen molar-refractivity contribution >= 4 is 27.7 Å². The van der Waals surface area contributed by atoms with Crippen LogP contribution in [0.25, 0.3) is 0 Å². The van der Waals surface area contributed by atoms with E-state index in [1.165, 1.54) is 30.3 Å². The van der Waals surface area contributed by atoms with E-state index >= 15 is 0 Å². The molecule has 12 heteroatoms. The second-order valence-electron chi connectivity index (χ2n) is 9.15. The number of sulfonamides is 1. The lowest BCUT2D eigenvalue weighted by Gasteiger charge is -2.31. The quantitative estimate of drug-likeness (QED) is 0.323. The summed E-state index contributed by atoms with van der Waals surface area (Å²) in [5, 5.41) is 16.2. The second kappa shape index (κ2) is 14.2. The van der Waals surface area contributed by atoms with Gasteiger partial charge in [-0.3, -0.25) is 4.79 Å². The number of anilines is 1. The molecule has 5 rings (SSSR count). The molecule has 43 heavy (non-hydrogen) atoms. The number of fused-ring (bicyclic) bond motifs is 1. The Morgan fingerprint density at radius 2 is 1.86 bits per heavy atom. The van der Waals surface area contributed by atoms with Gasteiger partial charge in [-0.1, -0.05) is 43.1 Å². The largest absolute Gasteiger partial charge is 0.443 e. The fourth-order valence-corrected chi connectivity index (χ4v) is 5.32. The molecule has 2 aromatic carbocycles. The first-order valence-electron chi connectivity index (χ1n) is 22.7. The molecule has 0 aromatic heterocycles. The molecule has 3 N–H and O–H groups in total. The Bertz CT molecular complexity index is 2220. The SMILES string of the molecule is [2H]C1([2H])O[C@]2([2H])OC([2H])([2H])[C@]([2H])(OC(=O)N[C@@H](Cc3ccccc3)[C@H](O)CN(C([2H])([2H])C3([2H])C([2H])([2H])C([2H])([2H])C([2H])([2H])C3([2H])[2H])S(=O)(=O)c3ccc(NC(C)=O)cc3)[C@]2([2H])C1([2H])[2H]. The van der Waals surface area contributed by atoms with Crippen molar-refractivity contribution in [1.82, 2.24) is 9.62 Å². The Kier molecular flexibility index (Phi) is 4.89. The summed E-state index contributed by atoms with van der Waals surface area (Å²) in [5.74, 6) is -8.89. The molecule has 0 unspecified atom stereocenters. The molecule has 1 saturated carbocycles. The van der Waals surface area contributed by atoms with Crippen LogP contribution in [-0.4, -0.2) is 80.5 Å². The van der Waals surface area contributed by atoms with Gasteiger partial charge < -0.3 is 30.0 Å². The molecule has 2 saturated heterocycles. The van der Waals surface area contributed by atoms with Crippen molar-refractivity contribution < 1.29 is 64.7 Å². The van der Waals surface area contributed by atoms with Gasteiger partial charge in [0, 0.05) is 44.8 Å². The molecule has 11 nitrogen and oxygen atoms in total. The molecule has 5 atom stereocenters. The fourth-order valence-electron chi connectivity index (χ4n) is 4.03. The molecule has 2 amide bonds. The number of nitrogens with one attached hydrogen (secondary N) is 2. The fraction of sp³-hybridized carbons (Fsp3) is 0.548.